The first-order valence-corrected chi connectivity index (χ1v) is 9.39. The Kier molecular flexibility index (Phi) is 5.77. The van der Waals surface area contributed by atoms with Gasteiger partial charge >= 0.3 is 6.18 Å². The molecule has 5 nitrogen and oxygen atoms in total. The number of thiophene rings is 1. The lowest BCUT2D eigenvalue weighted by Crippen LogP contribution is -2.23. The number of nitrogens with one attached hydrogen (secondary N) is 2. The number of rotatable bonds is 5. The lowest BCUT2D eigenvalue weighted by molar-refractivity contribution is -0.138. The number of sulfonamides is 1. The minimum Gasteiger partial charge on any atom is -0.347 e. The highest BCUT2D eigenvalue weighted by Gasteiger charge is 2.33. The van der Waals surface area contributed by atoms with Crippen molar-refractivity contribution in [2.45, 2.75) is 16.9 Å². The summed E-state index contributed by atoms with van der Waals surface area (Å²) in [5.41, 5.74) is -1.09. The van der Waals surface area contributed by atoms with Crippen molar-refractivity contribution in [2.24, 2.45) is 0 Å². The minimum atomic E-state index is -4.61. The van der Waals surface area contributed by atoms with Crippen molar-refractivity contribution in [3.8, 4) is 0 Å². The predicted molar refractivity (Wildman–Crippen MR) is 88.2 cm³/mol. The van der Waals surface area contributed by atoms with E-state index < -0.39 is 27.7 Å². The molecule has 0 aliphatic rings. The topological polar surface area (TPSA) is 75.3 Å². The van der Waals surface area contributed by atoms with Crippen LogP contribution in [0.25, 0.3) is 0 Å². The molecule has 0 aliphatic carbocycles. The highest BCUT2D eigenvalue weighted by atomic mass is 35.5. The van der Waals surface area contributed by atoms with E-state index in [-0.39, 0.29) is 26.2 Å². The molecule has 1 aromatic heterocycles. The van der Waals surface area contributed by atoms with Crippen LogP contribution in [0, 0.1) is 0 Å². The molecule has 0 atom stereocenters. The number of hydrogen-bond acceptors (Lipinski definition) is 4. The summed E-state index contributed by atoms with van der Waals surface area (Å²) in [5.74, 6) is -0.675. The van der Waals surface area contributed by atoms with Crippen molar-refractivity contribution in [1.82, 2.24) is 10.0 Å². The van der Waals surface area contributed by atoms with E-state index in [2.05, 4.69) is 10.0 Å². The normalized spacial score (nSPS) is 12.2. The summed E-state index contributed by atoms with van der Waals surface area (Å²) >= 11 is 6.31. The maximum atomic E-state index is 13.0. The molecular formula is C14H12ClF3N2O3S2. The summed E-state index contributed by atoms with van der Waals surface area (Å²) in [5, 5.41) is 2.28. The van der Waals surface area contributed by atoms with Crippen LogP contribution in [0.1, 0.15) is 20.8 Å². The van der Waals surface area contributed by atoms with Gasteiger partial charge in [0, 0.05) is 11.6 Å². The molecule has 0 saturated carbocycles. The van der Waals surface area contributed by atoms with E-state index in [0.717, 1.165) is 6.07 Å². The van der Waals surface area contributed by atoms with E-state index in [4.69, 9.17) is 11.6 Å². The summed E-state index contributed by atoms with van der Waals surface area (Å²) in [6.07, 6.45) is -4.61. The van der Waals surface area contributed by atoms with E-state index in [1.807, 2.05) is 0 Å². The maximum Gasteiger partial charge on any atom is 0.416 e. The van der Waals surface area contributed by atoms with Crippen LogP contribution >= 0.6 is 22.9 Å². The summed E-state index contributed by atoms with van der Waals surface area (Å²) in [7, 11) is -2.45. The summed E-state index contributed by atoms with van der Waals surface area (Å²) in [6, 6.07) is 5.79. The SMILES string of the molecule is CNS(=O)(=O)c1ccc(C(=O)NCc2ccc(Cl)cc2C(F)(F)F)s1. The van der Waals surface area contributed by atoms with Crippen molar-refractivity contribution < 1.29 is 26.4 Å². The lowest BCUT2D eigenvalue weighted by Gasteiger charge is -2.13. The van der Waals surface area contributed by atoms with E-state index >= 15 is 0 Å². The predicted octanol–water partition coefficient (Wildman–Crippen LogP) is 3.26. The first kappa shape index (κ1) is 19.7. The van der Waals surface area contributed by atoms with Crippen molar-refractivity contribution in [3.05, 3.63) is 51.4 Å². The third kappa shape index (κ3) is 4.72. The van der Waals surface area contributed by atoms with Crippen LogP contribution < -0.4 is 10.0 Å². The van der Waals surface area contributed by atoms with Crippen LogP contribution in [0.2, 0.25) is 5.02 Å². The largest absolute Gasteiger partial charge is 0.416 e. The number of benzene rings is 1. The molecule has 0 aliphatic heterocycles. The fraction of sp³-hybridized carbons (Fsp3) is 0.214. The number of hydrogen-bond donors (Lipinski definition) is 2. The molecule has 1 heterocycles. The van der Waals surface area contributed by atoms with Crippen molar-refractivity contribution >= 4 is 38.9 Å². The van der Waals surface area contributed by atoms with Gasteiger partial charge in [-0.25, -0.2) is 13.1 Å². The molecule has 1 amide bonds. The molecule has 11 heteroatoms. The van der Waals surface area contributed by atoms with Crippen molar-refractivity contribution in [3.63, 3.8) is 0 Å². The van der Waals surface area contributed by atoms with E-state index in [1.54, 1.807) is 0 Å². The molecule has 2 N–H and O–H groups in total. The fourth-order valence-electron chi connectivity index (χ4n) is 1.92. The van der Waals surface area contributed by atoms with Gasteiger partial charge in [-0.15, -0.1) is 11.3 Å². The van der Waals surface area contributed by atoms with Crippen LogP contribution in [0.5, 0.6) is 0 Å². The first-order valence-electron chi connectivity index (χ1n) is 6.72. The van der Waals surface area contributed by atoms with Gasteiger partial charge in [-0.05, 0) is 36.9 Å². The van der Waals surface area contributed by atoms with Crippen LogP contribution in [0.3, 0.4) is 0 Å². The van der Waals surface area contributed by atoms with Crippen LogP contribution in [-0.2, 0) is 22.7 Å². The third-order valence-electron chi connectivity index (χ3n) is 3.16. The first-order chi connectivity index (χ1) is 11.5. The molecule has 0 saturated heterocycles. The van der Waals surface area contributed by atoms with Gasteiger partial charge in [0.25, 0.3) is 5.91 Å². The van der Waals surface area contributed by atoms with Crippen molar-refractivity contribution in [2.75, 3.05) is 7.05 Å². The van der Waals surface area contributed by atoms with Crippen LogP contribution in [0.15, 0.2) is 34.5 Å². The quantitative estimate of drug-likeness (QED) is 0.791. The maximum absolute atomic E-state index is 13.0. The summed E-state index contributed by atoms with van der Waals surface area (Å²) in [6.45, 7) is -0.378. The van der Waals surface area contributed by atoms with Gasteiger partial charge in [-0.2, -0.15) is 13.2 Å². The Balaban J connectivity index is 2.16. The Labute approximate surface area is 150 Å². The molecule has 0 fully saturated rings. The molecule has 2 rings (SSSR count). The lowest BCUT2D eigenvalue weighted by atomic mass is 10.1. The molecule has 25 heavy (non-hydrogen) atoms. The molecular weight excluding hydrogens is 401 g/mol. The Bertz CT molecular complexity index is 895. The second-order valence-electron chi connectivity index (χ2n) is 4.81. The Morgan fingerprint density at radius 2 is 1.92 bits per heavy atom. The second kappa shape index (κ2) is 7.32. The fourth-order valence-corrected chi connectivity index (χ4v) is 4.15. The molecule has 0 unspecified atom stereocenters. The Hall–Kier alpha value is -1.62. The minimum absolute atomic E-state index is 0.0661. The third-order valence-corrected chi connectivity index (χ3v) is 6.38. The highest BCUT2D eigenvalue weighted by Crippen LogP contribution is 2.33. The Morgan fingerprint density at radius 3 is 2.52 bits per heavy atom. The molecule has 136 valence electrons. The molecule has 0 spiro atoms. The van der Waals surface area contributed by atoms with Crippen LogP contribution in [0.4, 0.5) is 13.2 Å². The number of amides is 1. The standard InChI is InChI=1S/C14H12ClF3N2O3S2/c1-19-25(22,23)12-5-4-11(24-12)13(21)20-7-8-2-3-9(15)6-10(8)14(16,17)18/h2-6,19H,7H2,1H3,(H,20,21). The molecule has 0 radical (unpaired) electrons. The summed E-state index contributed by atoms with van der Waals surface area (Å²) in [4.78, 5) is 12.1. The molecule has 1 aromatic carbocycles. The zero-order chi connectivity index (χ0) is 18.8. The van der Waals surface area contributed by atoms with Crippen LogP contribution in [-0.4, -0.2) is 21.4 Å². The van der Waals surface area contributed by atoms with Gasteiger partial charge < -0.3 is 5.32 Å². The number of carbonyl (C=O) groups is 1. The van der Waals surface area contributed by atoms with E-state index in [0.29, 0.717) is 11.3 Å². The number of halogens is 4. The number of alkyl halides is 3. The Morgan fingerprint density at radius 1 is 1.24 bits per heavy atom. The highest BCUT2D eigenvalue weighted by molar-refractivity contribution is 7.91. The average Bonchev–Trinajstić information content (AvgIpc) is 3.03. The molecule has 2 aromatic rings. The number of carbonyl (C=O) groups excluding carboxylic acids is 1. The van der Waals surface area contributed by atoms with Gasteiger partial charge in [0.15, 0.2) is 0 Å². The monoisotopic (exact) mass is 412 g/mol. The average molecular weight is 413 g/mol. The van der Waals surface area contributed by atoms with Gasteiger partial charge in [0.1, 0.15) is 4.21 Å². The smallest absolute Gasteiger partial charge is 0.347 e. The zero-order valence-electron chi connectivity index (χ0n) is 12.6. The van der Waals surface area contributed by atoms with E-state index in [9.17, 15) is 26.4 Å². The van der Waals surface area contributed by atoms with Gasteiger partial charge in [-0.1, -0.05) is 17.7 Å². The second-order valence-corrected chi connectivity index (χ2v) is 8.44. The van der Waals surface area contributed by atoms with Gasteiger partial charge in [0.2, 0.25) is 10.0 Å². The molecule has 0 bridgehead atoms. The zero-order valence-corrected chi connectivity index (χ0v) is 15.0. The van der Waals surface area contributed by atoms with Gasteiger partial charge in [-0.3, -0.25) is 4.79 Å². The van der Waals surface area contributed by atoms with Gasteiger partial charge in [0.05, 0.1) is 10.4 Å². The van der Waals surface area contributed by atoms with E-state index in [1.165, 1.54) is 31.3 Å². The van der Waals surface area contributed by atoms with Crippen molar-refractivity contribution in [1.29, 1.82) is 0 Å². The summed E-state index contributed by atoms with van der Waals surface area (Å²) < 4.78 is 64.3.